The smallest absolute Gasteiger partial charge is 0.129 e. The summed E-state index contributed by atoms with van der Waals surface area (Å²) in [6, 6.07) is 4.76. The number of halogens is 2. The second-order valence-corrected chi connectivity index (χ2v) is 5.63. The summed E-state index contributed by atoms with van der Waals surface area (Å²) >= 11 is 0. The first kappa shape index (κ1) is 12.8. The van der Waals surface area contributed by atoms with Gasteiger partial charge < -0.3 is 4.74 Å². The van der Waals surface area contributed by atoms with Crippen molar-refractivity contribution in [2.24, 2.45) is 17.8 Å². The Labute approximate surface area is 112 Å². The highest BCUT2D eigenvalue weighted by Gasteiger charge is 2.46. The van der Waals surface area contributed by atoms with E-state index < -0.39 is 12.5 Å². The summed E-state index contributed by atoms with van der Waals surface area (Å²) in [7, 11) is 0. The highest BCUT2D eigenvalue weighted by atomic mass is 19.1. The molecule has 0 bridgehead atoms. The molecule has 102 valence electrons. The van der Waals surface area contributed by atoms with Gasteiger partial charge in [-0.1, -0.05) is 18.2 Å². The number of hydrogen-bond acceptors (Lipinski definition) is 1. The molecule has 1 aromatic carbocycles. The van der Waals surface area contributed by atoms with Crippen LogP contribution in [-0.4, -0.2) is 6.61 Å². The molecule has 1 saturated heterocycles. The maximum Gasteiger partial charge on any atom is 0.129 e. The summed E-state index contributed by atoms with van der Waals surface area (Å²) in [6.45, 7) is 3.72. The molecule has 1 aliphatic carbocycles. The van der Waals surface area contributed by atoms with Gasteiger partial charge in [-0.15, -0.1) is 6.58 Å². The second kappa shape index (κ2) is 5.04. The number of alkyl halides is 1. The average Bonchev–Trinajstić information content (AvgIpc) is 3.16. The molecule has 3 heteroatoms. The lowest BCUT2D eigenvalue weighted by Gasteiger charge is -2.18. The summed E-state index contributed by atoms with van der Waals surface area (Å²) in [5, 5.41) is 0. The highest BCUT2D eigenvalue weighted by molar-refractivity contribution is 5.27. The topological polar surface area (TPSA) is 9.23 Å². The molecule has 1 aromatic rings. The standard InChI is InChI=1S/C16H18F2O/c1-2-10-5-13-6-14(13)16(19-9-10)11-3-4-12(8-17)15(18)7-11/h2-4,7,10,13-14,16H,1,5-6,8-9H2. The maximum atomic E-state index is 13.7. The first-order chi connectivity index (χ1) is 9.22. The number of fused-ring (bicyclic) bond motifs is 1. The minimum absolute atomic E-state index is 0.0434. The molecule has 0 spiro atoms. The van der Waals surface area contributed by atoms with Gasteiger partial charge in [-0.3, -0.25) is 0 Å². The van der Waals surface area contributed by atoms with Crippen LogP contribution in [0.1, 0.15) is 30.1 Å². The fraction of sp³-hybridized carbons (Fsp3) is 0.500. The molecule has 1 nitrogen and oxygen atoms in total. The van der Waals surface area contributed by atoms with Gasteiger partial charge in [-0.05, 0) is 36.3 Å². The van der Waals surface area contributed by atoms with E-state index in [2.05, 4.69) is 6.58 Å². The Morgan fingerprint density at radius 3 is 2.89 bits per heavy atom. The second-order valence-electron chi connectivity index (χ2n) is 5.63. The summed E-state index contributed by atoms with van der Waals surface area (Å²) < 4.78 is 32.1. The summed E-state index contributed by atoms with van der Waals surface area (Å²) in [6.07, 6.45) is 4.17. The molecule has 4 unspecified atom stereocenters. The van der Waals surface area contributed by atoms with Crippen molar-refractivity contribution in [1.82, 2.24) is 0 Å². The largest absolute Gasteiger partial charge is 0.373 e. The van der Waals surface area contributed by atoms with Crippen molar-refractivity contribution in [2.75, 3.05) is 6.61 Å². The van der Waals surface area contributed by atoms with Crippen molar-refractivity contribution >= 4 is 0 Å². The van der Waals surface area contributed by atoms with Crippen molar-refractivity contribution in [3.05, 3.63) is 47.8 Å². The quantitative estimate of drug-likeness (QED) is 0.744. The molecule has 4 atom stereocenters. The molecular formula is C16H18F2O. The molecule has 0 amide bonds. The van der Waals surface area contributed by atoms with Crippen LogP contribution in [0.4, 0.5) is 8.78 Å². The minimum Gasteiger partial charge on any atom is -0.373 e. The molecule has 0 radical (unpaired) electrons. The molecule has 1 saturated carbocycles. The normalized spacial score (nSPS) is 33.4. The van der Waals surface area contributed by atoms with E-state index in [9.17, 15) is 8.78 Å². The third-order valence-corrected chi connectivity index (χ3v) is 4.34. The van der Waals surface area contributed by atoms with Gasteiger partial charge in [0, 0.05) is 11.5 Å². The van der Waals surface area contributed by atoms with Crippen molar-refractivity contribution in [3.8, 4) is 0 Å². The van der Waals surface area contributed by atoms with Crippen LogP contribution in [0.15, 0.2) is 30.9 Å². The molecule has 19 heavy (non-hydrogen) atoms. The lowest BCUT2D eigenvalue weighted by Crippen LogP contribution is -2.10. The van der Waals surface area contributed by atoms with Crippen LogP contribution in [-0.2, 0) is 11.4 Å². The fourth-order valence-corrected chi connectivity index (χ4v) is 3.08. The number of rotatable bonds is 3. The zero-order chi connectivity index (χ0) is 13.4. The lowest BCUT2D eigenvalue weighted by atomic mass is 10.00. The Morgan fingerprint density at radius 1 is 1.37 bits per heavy atom. The highest BCUT2D eigenvalue weighted by Crippen LogP contribution is 2.54. The number of hydrogen-bond donors (Lipinski definition) is 0. The van der Waals surface area contributed by atoms with Crippen molar-refractivity contribution in [3.63, 3.8) is 0 Å². The van der Waals surface area contributed by atoms with Crippen LogP contribution in [0, 0.1) is 23.6 Å². The Kier molecular flexibility index (Phi) is 3.40. The van der Waals surface area contributed by atoms with Crippen LogP contribution < -0.4 is 0 Å². The van der Waals surface area contributed by atoms with E-state index in [1.54, 1.807) is 6.07 Å². The minimum atomic E-state index is -0.762. The third kappa shape index (κ3) is 2.44. The van der Waals surface area contributed by atoms with Gasteiger partial charge in [-0.25, -0.2) is 8.78 Å². The average molecular weight is 264 g/mol. The summed E-state index contributed by atoms with van der Waals surface area (Å²) in [4.78, 5) is 0. The van der Waals surface area contributed by atoms with Crippen LogP contribution in [0.2, 0.25) is 0 Å². The number of benzene rings is 1. The predicted molar refractivity (Wildman–Crippen MR) is 69.8 cm³/mol. The van der Waals surface area contributed by atoms with E-state index >= 15 is 0 Å². The summed E-state index contributed by atoms with van der Waals surface area (Å²) in [5.74, 6) is 1.08. The molecule has 0 N–H and O–H groups in total. The van der Waals surface area contributed by atoms with Crippen LogP contribution >= 0.6 is 0 Å². The van der Waals surface area contributed by atoms with Crippen LogP contribution in [0.25, 0.3) is 0 Å². The molecule has 0 aromatic heterocycles. The molecule has 1 heterocycles. The fourth-order valence-electron chi connectivity index (χ4n) is 3.08. The van der Waals surface area contributed by atoms with Gasteiger partial charge >= 0.3 is 0 Å². The Bertz CT molecular complexity index is 486. The van der Waals surface area contributed by atoms with Gasteiger partial charge in [0.1, 0.15) is 12.5 Å². The lowest BCUT2D eigenvalue weighted by molar-refractivity contribution is 0.0324. The zero-order valence-electron chi connectivity index (χ0n) is 10.8. The van der Waals surface area contributed by atoms with Gasteiger partial charge in [0.05, 0.1) is 12.7 Å². The molecule has 2 aliphatic rings. The van der Waals surface area contributed by atoms with E-state index in [1.165, 1.54) is 12.1 Å². The molecule has 1 aliphatic heterocycles. The monoisotopic (exact) mass is 264 g/mol. The molecule has 3 rings (SSSR count). The van der Waals surface area contributed by atoms with E-state index in [0.29, 0.717) is 24.4 Å². The van der Waals surface area contributed by atoms with E-state index in [1.807, 2.05) is 6.08 Å². The van der Waals surface area contributed by atoms with E-state index in [4.69, 9.17) is 4.74 Å². The SMILES string of the molecule is C=CC1COC(c2ccc(CF)c(F)c2)C2CC2C1. The van der Waals surface area contributed by atoms with Crippen molar-refractivity contribution in [1.29, 1.82) is 0 Å². The van der Waals surface area contributed by atoms with Gasteiger partial charge in [0.25, 0.3) is 0 Å². The first-order valence-corrected chi connectivity index (χ1v) is 6.81. The number of ether oxygens (including phenoxy) is 1. The zero-order valence-corrected chi connectivity index (χ0v) is 10.8. The summed E-state index contributed by atoms with van der Waals surface area (Å²) in [5.41, 5.74) is 0.959. The van der Waals surface area contributed by atoms with Crippen LogP contribution in [0.5, 0.6) is 0 Å². The van der Waals surface area contributed by atoms with E-state index in [-0.39, 0.29) is 11.7 Å². The van der Waals surface area contributed by atoms with E-state index in [0.717, 1.165) is 18.4 Å². The van der Waals surface area contributed by atoms with Crippen molar-refractivity contribution in [2.45, 2.75) is 25.6 Å². The Balaban J connectivity index is 1.82. The van der Waals surface area contributed by atoms with Gasteiger partial charge in [0.15, 0.2) is 0 Å². The Morgan fingerprint density at radius 2 is 2.21 bits per heavy atom. The first-order valence-electron chi connectivity index (χ1n) is 6.81. The molecular weight excluding hydrogens is 246 g/mol. The van der Waals surface area contributed by atoms with Crippen molar-refractivity contribution < 1.29 is 13.5 Å². The third-order valence-electron chi connectivity index (χ3n) is 4.34. The van der Waals surface area contributed by atoms with Gasteiger partial charge in [0.2, 0.25) is 0 Å². The van der Waals surface area contributed by atoms with Gasteiger partial charge in [-0.2, -0.15) is 0 Å². The maximum absolute atomic E-state index is 13.7. The predicted octanol–water partition coefficient (Wildman–Crippen LogP) is 4.19. The van der Waals surface area contributed by atoms with Crippen LogP contribution in [0.3, 0.4) is 0 Å². The Hall–Kier alpha value is -1.22. The molecule has 2 fully saturated rings.